The highest BCUT2D eigenvalue weighted by atomic mass is 16.5. The number of nitrogens with one attached hydrogen (secondary N) is 1. The predicted molar refractivity (Wildman–Crippen MR) is 86.3 cm³/mol. The van der Waals surface area contributed by atoms with Crippen molar-refractivity contribution in [1.29, 1.82) is 0 Å². The molecule has 0 unspecified atom stereocenters. The van der Waals surface area contributed by atoms with Gasteiger partial charge < -0.3 is 14.6 Å². The van der Waals surface area contributed by atoms with Gasteiger partial charge in [-0.05, 0) is 19.3 Å². The Balaban J connectivity index is 2.35. The van der Waals surface area contributed by atoms with E-state index in [2.05, 4.69) is 30.7 Å². The zero-order valence-electron chi connectivity index (χ0n) is 14.3. The molecule has 22 heavy (non-hydrogen) atoms. The Morgan fingerprint density at radius 3 is 2.59 bits per heavy atom. The second kappa shape index (κ2) is 7.27. The molecule has 124 valence electrons. The number of hydrogen-bond donors (Lipinski definition) is 1. The molecule has 1 saturated heterocycles. The third-order valence-electron chi connectivity index (χ3n) is 4.90. The van der Waals surface area contributed by atoms with Crippen LogP contribution in [0.5, 0.6) is 0 Å². The van der Waals surface area contributed by atoms with Crippen molar-refractivity contribution in [2.45, 2.75) is 84.1 Å². The number of aromatic amines is 1. The fourth-order valence-corrected chi connectivity index (χ4v) is 3.60. The molecule has 1 N–H and O–H groups in total. The SMILES string of the molecule is CCC[C@@H]1OC(CC)(CC)[C@H](Cc2c[nH]cn2)N1C(=O)CC. The van der Waals surface area contributed by atoms with Gasteiger partial charge >= 0.3 is 0 Å². The standard InChI is InChI=1S/C17H29N3O2/c1-5-9-16-20(15(21)6-2)14(10-13-11-18-12-19-13)17(7-3,8-4)22-16/h11-12,14,16H,5-10H2,1-4H3,(H,18,19)/t14-,16-/m0/s1. The maximum Gasteiger partial charge on any atom is 0.224 e. The monoisotopic (exact) mass is 307 g/mol. The highest BCUT2D eigenvalue weighted by Gasteiger charge is 2.52. The number of imidazole rings is 1. The average molecular weight is 307 g/mol. The Morgan fingerprint density at radius 1 is 1.36 bits per heavy atom. The van der Waals surface area contributed by atoms with E-state index in [1.165, 1.54) is 0 Å². The molecular formula is C17H29N3O2. The summed E-state index contributed by atoms with van der Waals surface area (Å²) in [4.78, 5) is 21.9. The van der Waals surface area contributed by atoms with Crippen molar-refractivity contribution in [3.8, 4) is 0 Å². The molecule has 0 aromatic carbocycles. The van der Waals surface area contributed by atoms with Gasteiger partial charge in [-0.3, -0.25) is 4.79 Å². The lowest BCUT2D eigenvalue weighted by Crippen LogP contribution is -2.49. The Morgan fingerprint density at radius 2 is 2.09 bits per heavy atom. The van der Waals surface area contributed by atoms with E-state index < -0.39 is 0 Å². The second-order valence-corrected chi connectivity index (χ2v) is 6.07. The van der Waals surface area contributed by atoms with Crippen molar-refractivity contribution in [2.24, 2.45) is 0 Å². The highest BCUT2D eigenvalue weighted by molar-refractivity contribution is 5.77. The molecule has 1 amide bonds. The number of rotatable bonds is 7. The summed E-state index contributed by atoms with van der Waals surface area (Å²) in [6, 6.07) is 0.0646. The molecule has 1 aliphatic heterocycles. The molecule has 2 atom stereocenters. The van der Waals surface area contributed by atoms with Gasteiger partial charge in [0.05, 0.1) is 23.7 Å². The molecule has 5 heteroatoms. The molecule has 1 aromatic rings. The van der Waals surface area contributed by atoms with Crippen molar-refractivity contribution >= 4 is 5.91 Å². The number of amides is 1. The van der Waals surface area contributed by atoms with Gasteiger partial charge in [0, 0.05) is 19.0 Å². The van der Waals surface area contributed by atoms with Crippen molar-refractivity contribution in [1.82, 2.24) is 14.9 Å². The van der Waals surface area contributed by atoms with Crippen LogP contribution in [0.15, 0.2) is 12.5 Å². The number of hydrogen-bond acceptors (Lipinski definition) is 3. The molecule has 1 aliphatic rings. The van der Waals surface area contributed by atoms with E-state index in [0.29, 0.717) is 6.42 Å². The first-order valence-electron chi connectivity index (χ1n) is 8.58. The topological polar surface area (TPSA) is 58.2 Å². The van der Waals surface area contributed by atoms with Gasteiger partial charge in [0.2, 0.25) is 5.91 Å². The smallest absolute Gasteiger partial charge is 0.224 e. The Labute approximate surface area is 133 Å². The van der Waals surface area contributed by atoms with E-state index in [1.807, 2.05) is 18.0 Å². The molecule has 1 aromatic heterocycles. The number of nitrogens with zero attached hydrogens (tertiary/aromatic N) is 2. The van der Waals surface area contributed by atoms with Gasteiger partial charge in [-0.15, -0.1) is 0 Å². The zero-order valence-corrected chi connectivity index (χ0v) is 14.3. The normalized spacial score (nSPS) is 23.9. The van der Waals surface area contributed by atoms with Gasteiger partial charge in [-0.2, -0.15) is 0 Å². The van der Waals surface area contributed by atoms with Gasteiger partial charge in [0.25, 0.3) is 0 Å². The lowest BCUT2D eigenvalue weighted by Gasteiger charge is -2.34. The van der Waals surface area contributed by atoms with Crippen LogP contribution >= 0.6 is 0 Å². The maximum absolute atomic E-state index is 12.6. The summed E-state index contributed by atoms with van der Waals surface area (Å²) in [5.41, 5.74) is 0.731. The molecule has 2 rings (SSSR count). The van der Waals surface area contributed by atoms with Crippen molar-refractivity contribution in [3.05, 3.63) is 18.2 Å². The number of aromatic nitrogens is 2. The fraction of sp³-hybridized carbons (Fsp3) is 0.765. The highest BCUT2D eigenvalue weighted by Crippen LogP contribution is 2.41. The molecule has 0 spiro atoms. The van der Waals surface area contributed by atoms with E-state index in [9.17, 15) is 4.79 Å². The Kier molecular flexibility index (Phi) is 5.62. The van der Waals surface area contributed by atoms with Crippen LogP contribution in [-0.4, -0.2) is 38.6 Å². The van der Waals surface area contributed by atoms with Crippen LogP contribution in [0.25, 0.3) is 0 Å². The summed E-state index contributed by atoms with van der Waals surface area (Å²) >= 11 is 0. The van der Waals surface area contributed by atoms with Gasteiger partial charge in [-0.25, -0.2) is 4.98 Å². The Bertz CT molecular complexity index is 468. The molecule has 0 radical (unpaired) electrons. The first-order valence-corrected chi connectivity index (χ1v) is 8.58. The molecule has 2 heterocycles. The molecule has 0 saturated carbocycles. The van der Waals surface area contributed by atoms with Crippen molar-refractivity contribution < 1.29 is 9.53 Å². The second-order valence-electron chi connectivity index (χ2n) is 6.07. The molecular weight excluding hydrogens is 278 g/mol. The van der Waals surface area contributed by atoms with Crippen LogP contribution in [0.1, 0.15) is 65.5 Å². The van der Waals surface area contributed by atoms with Gasteiger partial charge in [0.1, 0.15) is 6.23 Å². The van der Waals surface area contributed by atoms with Crippen LogP contribution in [-0.2, 0) is 16.0 Å². The van der Waals surface area contributed by atoms with Gasteiger partial charge in [0.15, 0.2) is 0 Å². The summed E-state index contributed by atoms with van der Waals surface area (Å²) in [5, 5.41) is 0. The third-order valence-corrected chi connectivity index (χ3v) is 4.90. The van der Waals surface area contributed by atoms with Crippen LogP contribution in [0.4, 0.5) is 0 Å². The quantitative estimate of drug-likeness (QED) is 0.841. The summed E-state index contributed by atoms with van der Waals surface area (Å²) in [6.45, 7) is 8.38. The zero-order chi connectivity index (χ0) is 16.2. The van der Waals surface area contributed by atoms with E-state index in [4.69, 9.17) is 4.74 Å². The first-order chi connectivity index (χ1) is 10.6. The summed E-state index contributed by atoms with van der Waals surface area (Å²) in [7, 11) is 0. The molecule has 0 bridgehead atoms. The minimum Gasteiger partial charge on any atom is -0.351 e. The minimum atomic E-state index is -0.260. The van der Waals surface area contributed by atoms with Crippen molar-refractivity contribution in [2.75, 3.05) is 0 Å². The fourth-order valence-electron chi connectivity index (χ4n) is 3.60. The molecule has 1 fully saturated rings. The third kappa shape index (κ3) is 3.05. The van der Waals surface area contributed by atoms with Crippen LogP contribution in [0, 0.1) is 0 Å². The molecule has 5 nitrogen and oxygen atoms in total. The minimum absolute atomic E-state index is 0.0646. The van der Waals surface area contributed by atoms with Crippen LogP contribution in [0.2, 0.25) is 0 Å². The Hall–Kier alpha value is -1.36. The molecule has 0 aliphatic carbocycles. The number of ether oxygens (including phenoxy) is 1. The van der Waals surface area contributed by atoms with E-state index in [1.54, 1.807) is 6.33 Å². The maximum atomic E-state index is 12.6. The lowest BCUT2D eigenvalue weighted by atomic mass is 9.85. The predicted octanol–water partition coefficient (Wildman–Crippen LogP) is 3.27. The largest absolute Gasteiger partial charge is 0.351 e. The lowest BCUT2D eigenvalue weighted by molar-refractivity contribution is -0.138. The summed E-state index contributed by atoms with van der Waals surface area (Å²) in [5.74, 6) is 0.183. The van der Waals surface area contributed by atoms with Crippen molar-refractivity contribution in [3.63, 3.8) is 0 Å². The summed E-state index contributed by atoms with van der Waals surface area (Å²) in [6.07, 6.45) is 8.50. The summed E-state index contributed by atoms with van der Waals surface area (Å²) < 4.78 is 6.45. The van der Waals surface area contributed by atoms with E-state index in [-0.39, 0.29) is 23.8 Å². The number of H-pyrrole nitrogens is 1. The first kappa shape index (κ1) is 17.0. The number of carbonyl (C=O) groups is 1. The van der Waals surface area contributed by atoms with Crippen LogP contribution < -0.4 is 0 Å². The van der Waals surface area contributed by atoms with Gasteiger partial charge in [-0.1, -0.05) is 34.1 Å². The van der Waals surface area contributed by atoms with Crippen LogP contribution in [0.3, 0.4) is 0 Å². The van der Waals surface area contributed by atoms with E-state index >= 15 is 0 Å². The average Bonchev–Trinajstić information content (AvgIpc) is 3.14. The number of carbonyl (C=O) groups excluding carboxylic acids is 1. The van der Waals surface area contributed by atoms with E-state index in [0.717, 1.165) is 37.8 Å².